The molecule has 2 atom stereocenters. The number of likely N-dealkylation sites (tertiary alicyclic amines) is 1. The molecule has 0 aromatic rings. The molecule has 4 heteroatoms. The lowest BCUT2D eigenvalue weighted by atomic mass is 10.0. The van der Waals surface area contributed by atoms with E-state index < -0.39 is 12.0 Å². The molecule has 84 valence electrons. The van der Waals surface area contributed by atoms with Crippen molar-refractivity contribution in [1.82, 2.24) is 4.90 Å². The van der Waals surface area contributed by atoms with E-state index in [4.69, 9.17) is 5.26 Å². The summed E-state index contributed by atoms with van der Waals surface area (Å²) in [6.45, 7) is 3.03. The smallest absolute Gasteiger partial charge is 0.240 e. The Labute approximate surface area is 90.5 Å². The van der Waals surface area contributed by atoms with Crippen molar-refractivity contribution in [3.8, 4) is 6.07 Å². The molecular weight excluding hydrogens is 192 g/mol. The van der Waals surface area contributed by atoms with Gasteiger partial charge in [-0.15, -0.1) is 0 Å². The van der Waals surface area contributed by atoms with Crippen LogP contribution in [-0.2, 0) is 4.79 Å². The average molecular weight is 210 g/mol. The second kappa shape index (κ2) is 5.72. The summed E-state index contributed by atoms with van der Waals surface area (Å²) in [5.74, 6) is -0.640. The number of aliphatic hydroxyl groups excluding tert-OH is 1. The number of nitrogens with zero attached hydrogens (tertiary/aromatic N) is 2. The highest BCUT2D eigenvalue weighted by atomic mass is 16.3. The zero-order chi connectivity index (χ0) is 11.3. The third-order valence-corrected chi connectivity index (χ3v) is 2.74. The molecular formula is C11H18N2O2. The first-order chi connectivity index (χ1) is 7.19. The van der Waals surface area contributed by atoms with Crippen molar-refractivity contribution in [1.29, 1.82) is 5.26 Å². The summed E-state index contributed by atoms with van der Waals surface area (Å²) in [6.07, 6.45) is 2.62. The van der Waals surface area contributed by atoms with E-state index in [1.807, 2.05) is 13.0 Å². The van der Waals surface area contributed by atoms with Crippen molar-refractivity contribution < 1.29 is 9.90 Å². The van der Waals surface area contributed by atoms with E-state index in [1.165, 1.54) is 0 Å². The maximum absolute atomic E-state index is 11.9. The minimum absolute atomic E-state index is 0.113. The molecule has 1 amide bonds. The molecule has 0 aliphatic carbocycles. The Hall–Kier alpha value is -1.08. The summed E-state index contributed by atoms with van der Waals surface area (Å²) < 4.78 is 0. The Bertz CT molecular complexity index is 260. The number of rotatable bonds is 3. The topological polar surface area (TPSA) is 64.3 Å². The van der Waals surface area contributed by atoms with E-state index in [2.05, 4.69) is 0 Å². The van der Waals surface area contributed by atoms with E-state index in [1.54, 1.807) is 4.90 Å². The molecule has 0 spiro atoms. The average Bonchev–Trinajstić information content (AvgIpc) is 2.25. The van der Waals surface area contributed by atoms with Gasteiger partial charge in [0, 0.05) is 13.1 Å². The molecule has 1 heterocycles. The van der Waals surface area contributed by atoms with Crippen LogP contribution in [0.5, 0.6) is 0 Å². The molecule has 1 rings (SSSR count). The predicted molar refractivity (Wildman–Crippen MR) is 55.8 cm³/mol. The van der Waals surface area contributed by atoms with Gasteiger partial charge in [0.1, 0.15) is 5.92 Å². The van der Waals surface area contributed by atoms with Crippen molar-refractivity contribution in [3.05, 3.63) is 0 Å². The van der Waals surface area contributed by atoms with Crippen LogP contribution in [0.2, 0.25) is 0 Å². The number of piperidine rings is 1. The summed E-state index contributed by atoms with van der Waals surface area (Å²) in [5, 5.41) is 18.3. The number of amides is 1. The Morgan fingerprint density at radius 1 is 1.73 bits per heavy atom. The Morgan fingerprint density at radius 3 is 3.00 bits per heavy atom. The van der Waals surface area contributed by atoms with Crippen molar-refractivity contribution in [3.63, 3.8) is 0 Å². The molecule has 1 N–H and O–H groups in total. The largest absolute Gasteiger partial charge is 0.391 e. The summed E-state index contributed by atoms with van der Waals surface area (Å²) in [6, 6.07) is 2.04. The van der Waals surface area contributed by atoms with Gasteiger partial charge in [0.25, 0.3) is 0 Å². The third kappa shape index (κ3) is 3.21. The molecule has 1 aliphatic heterocycles. The number of carbonyl (C=O) groups excluding carboxylic acids is 1. The van der Waals surface area contributed by atoms with Crippen molar-refractivity contribution >= 4 is 5.91 Å². The quantitative estimate of drug-likeness (QED) is 0.753. The lowest BCUT2D eigenvalue weighted by molar-refractivity contribution is -0.137. The van der Waals surface area contributed by atoms with Gasteiger partial charge in [0.05, 0.1) is 12.2 Å². The first-order valence-corrected chi connectivity index (χ1v) is 5.55. The fourth-order valence-electron chi connectivity index (χ4n) is 1.91. The second-order valence-corrected chi connectivity index (χ2v) is 4.05. The number of nitriles is 1. The summed E-state index contributed by atoms with van der Waals surface area (Å²) in [5.41, 5.74) is 0. The fraction of sp³-hybridized carbons (Fsp3) is 0.818. The van der Waals surface area contributed by atoms with E-state index in [-0.39, 0.29) is 5.91 Å². The SMILES string of the molecule is CCCC(C#N)C(=O)N1CCCC(O)C1. The van der Waals surface area contributed by atoms with Crippen LogP contribution >= 0.6 is 0 Å². The molecule has 4 nitrogen and oxygen atoms in total. The molecule has 1 saturated heterocycles. The first-order valence-electron chi connectivity index (χ1n) is 5.55. The van der Waals surface area contributed by atoms with Crippen LogP contribution in [0.3, 0.4) is 0 Å². The van der Waals surface area contributed by atoms with Gasteiger partial charge < -0.3 is 10.0 Å². The van der Waals surface area contributed by atoms with Gasteiger partial charge >= 0.3 is 0 Å². The van der Waals surface area contributed by atoms with E-state index in [9.17, 15) is 9.90 Å². The Balaban J connectivity index is 2.54. The highest BCUT2D eigenvalue weighted by molar-refractivity contribution is 5.81. The molecule has 2 unspecified atom stereocenters. The molecule has 0 aromatic heterocycles. The van der Waals surface area contributed by atoms with Crippen LogP contribution in [0.25, 0.3) is 0 Å². The zero-order valence-electron chi connectivity index (χ0n) is 9.15. The minimum Gasteiger partial charge on any atom is -0.391 e. The zero-order valence-corrected chi connectivity index (χ0v) is 9.15. The van der Waals surface area contributed by atoms with Crippen molar-refractivity contribution in [2.75, 3.05) is 13.1 Å². The highest BCUT2D eigenvalue weighted by Crippen LogP contribution is 2.15. The standard InChI is InChI=1S/C11H18N2O2/c1-2-4-9(7-12)11(15)13-6-3-5-10(14)8-13/h9-10,14H,2-6,8H2,1H3. The minimum atomic E-state index is -0.528. The van der Waals surface area contributed by atoms with Gasteiger partial charge in [-0.3, -0.25) is 4.79 Å². The molecule has 0 aromatic carbocycles. The predicted octanol–water partition coefficient (Wildman–Crippen LogP) is 0.910. The number of hydrogen-bond acceptors (Lipinski definition) is 3. The number of carbonyl (C=O) groups is 1. The Kier molecular flexibility index (Phi) is 4.57. The van der Waals surface area contributed by atoms with Crippen LogP contribution in [0.4, 0.5) is 0 Å². The second-order valence-electron chi connectivity index (χ2n) is 4.05. The van der Waals surface area contributed by atoms with Gasteiger partial charge in [0.15, 0.2) is 0 Å². The molecule has 1 fully saturated rings. The van der Waals surface area contributed by atoms with Crippen LogP contribution < -0.4 is 0 Å². The highest BCUT2D eigenvalue weighted by Gasteiger charge is 2.27. The van der Waals surface area contributed by atoms with E-state index in [0.717, 1.165) is 19.3 Å². The maximum atomic E-state index is 11.9. The summed E-state index contributed by atoms with van der Waals surface area (Å²) >= 11 is 0. The first kappa shape index (κ1) is 12.0. The molecule has 0 saturated carbocycles. The monoisotopic (exact) mass is 210 g/mol. The fourth-order valence-corrected chi connectivity index (χ4v) is 1.91. The molecule has 15 heavy (non-hydrogen) atoms. The number of aliphatic hydroxyl groups is 1. The normalized spacial score (nSPS) is 23.3. The molecule has 0 bridgehead atoms. The van der Waals surface area contributed by atoms with Crippen molar-refractivity contribution in [2.45, 2.75) is 38.7 Å². The van der Waals surface area contributed by atoms with Crippen LogP contribution in [-0.4, -0.2) is 35.1 Å². The van der Waals surface area contributed by atoms with Crippen LogP contribution in [0.1, 0.15) is 32.6 Å². The summed E-state index contributed by atoms with van der Waals surface area (Å²) in [4.78, 5) is 13.5. The molecule has 0 radical (unpaired) electrons. The third-order valence-electron chi connectivity index (χ3n) is 2.74. The number of hydrogen-bond donors (Lipinski definition) is 1. The van der Waals surface area contributed by atoms with Gasteiger partial charge in [-0.2, -0.15) is 5.26 Å². The summed E-state index contributed by atoms with van der Waals surface area (Å²) in [7, 11) is 0. The lowest BCUT2D eigenvalue weighted by Gasteiger charge is -2.31. The Morgan fingerprint density at radius 2 is 2.47 bits per heavy atom. The van der Waals surface area contributed by atoms with Gasteiger partial charge in [-0.05, 0) is 19.3 Å². The van der Waals surface area contributed by atoms with Gasteiger partial charge in [0.2, 0.25) is 5.91 Å². The van der Waals surface area contributed by atoms with Crippen LogP contribution in [0.15, 0.2) is 0 Å². The number of β-amino-alcohol motifs (C(OH)–C–C–N with tert-alkyl or cyclic N) is 1. The maximum Gasteiger partial charge on any atom is 0.240 e. The lowest BCUT2D eigenvalue weighted by Crippen LogP contribution is -2.44. The van der Waals surface area contributed by atoms with Crippen LogP contribution in [0, 0.1) is 17.2 Å². The van der Waals surface area contributed by atoms with Crippen molar-refractivity contribution in [2.24, 2.45) is 5.92 Å². The van der Waals surface area contributed by atoms with Gasteiger partial charge in [-0.1, -0.05) is 13.3 Å². The van der Waals surface area contributed by atoms with Gasteiger partial charge in [-0.25, -0.2) is 0 Å². The van der Waals surface area contributed by atoms with E-state index >= 15 is 0 Å². The molecule has 1 aliphatic rings. The van der Waals surface area contributed by atoms with E-state index in [0.29, 0.717) is 19.5 Å².